The van der Waals surface area contributed by atoms with Gasteiger partial charge in [0.1, 0.15) is 12.4 Å². The first-order valence-corrected chi connectivity index (χ1v) is 3.92. The molecule has 0 saturated carbocycles. The smallest absolute Gasteiger partial charge is 0.311 e. The third-order valence-electron chi connectivity index (χ3n) is 1.49. The summed E-state index contributed by atoms with van der Waals surface area (Å²) in [5.74, 6) is -0.678. The molecule has 0 unspecified atom stereocenters. The van der Waals surface area contributed by atoms with Crippen molar-refractivity contribution in [1.82, 2.24) is 0 Å². The average molecular weight is 237 g/mol. The van der Waals surface area contributed by atoms with Crippen molar-refractivity contribution in [2.75, 3.05) is 13.2 Å². The predicted molar refractivity (Wildman–Crippen MR) is 54.9 cm³/mol. The summed E-state index contributed by atoms with van der Waals surface area (Å²) in [6.07, 6.45) is 0. The minimum Gasteiger partial charge on any atom is -0.485 e. The van der Waals surface area contributed by atoms with Crippen LogP contribution in [0, 0.1) is 15.9 Å². The number of halogens is 2. The highest BCUT2D eigenvalue weighted by molar-refractivity contribution is 5.85. The lowest BCUT2D eigenvalue weighted by Crippen LogP contribution is -2.11. The van der Waals surface area contributed by atoms with Gasteiger partial charge in [-0.05, 0) is 6.07 Å². The van der Waals surface area contributed by atoms with Gasteiger partial charge in [-0.25, -0.2) is 4.39 Å². The van der Waals surface area contributed by atoms with E-state index in [0.717, 1.165) is 18.2 Å². The fraction of sp³-hybridized carbons (Fsp3) is 0.250. The number of nitrogens with zero attached hydrogens (tertiary/aromatic N) is 1. The Labute approximate surface area is 91.6 Å². The first-order chi connectivity index (χ1) is 6.65. The van der Waals surface area contributed by atoms with E-state index >= 15 is 0 Å². The van der Waals surface area contributed by atoms with E-state index < -0.39 is 10.7 Å². The third kappa shape index (κ3) is 3.69. The second kappa shape index (κ2) is 6.15. The molecule has 0 radical (unpaired) electrons. The summed E-state index contributed by atoms with van der Waals surface area (Å²) in [4.78, 5) is 9.83. The molecular weight excluding hydrogens is 227 g/mol. The van der Waals surface area contributed by atoms with Crippen molar-refractivity contribution >= 4 is 18.1 Å². The Balaban J connectivity index is 0.00000196. The molecule has 0 atom stereocenters. The normalized spacial score (nSPS) is 9.20. The zero-order chi connectivity index (χ0) is 10.6. The largest absolute Gasteiger partial charge is 0.485 e. The van der Waals surface area contributed by atoms with Crippen LogP contribution >= 0.6 is 12.4 Å². The van der Waals surface area contributed by atoms with Gasteiger partial charge in [0.2, 0.25) is 0 Å². The Morgan fingerprint density at radius 3 is 2.73 bits per heavy atom. The molecule has 0 heterocycles. The van der Waals surface area contributed by atoms with Crippen molar-refractivity contribution in [2.24, 2.45) is 5.73 Å². The second-order valence-corrected chi connectivity index (χ2v) is 2.51. The Morgan fingerprint density at radius 1 is 1.53 bits per heavy atom. The minimum atomic E-state index is -0.634. The van der Waals surface area contributed by atoms with Gasteiger partial charge in [-0.2, -0.15) is 0 Å². The van der Waals surface area contributed by atoms with E-state index in [-0.39, 0.29) is 37.0 Å². The molecule has 0 fully saturated rings. The number of benzene rings is 1. The van der Waals surface area contributed by atoms with Crippen molar-refractivity contribution in [3.63, 3.8) is 0 Å². The van der Waals surface area contributed by atoms with E-state index in [1.165, 1.54) is 0 Å². The van der Waals surface area contributed by atoms with Crippen LogP contribution in [-0.2, 0) is 0 Å². The quantitative estimate of drug-likeness (QED) is 0.635. The molecule has 5 nitrogen and oxygen atoms in total. The van der Waals surface area contributed by atoms with Crippen LogP contribution in [-0.4, -0.2) is 18.1 Å². The Hall–Kier alpha value is -1.40. The van der Waals surface area contributed by atoms with Crippen LogP contribution in [0.4, 0.5) is 10.1 Å². The van der Waals surface area contributed by atoms with Crippen LogP contribution in [0.3, 0.4) is 0 Å². The summed E-state index contributed by atoms with van der Waals surface area (Å²) < 4.78 is 17.6. The predicted octanol–water partition coefficient (Wildman–Crippen LogP) is 1.49. The minimum absolute atomic E-state index is 0. The van der Waals surface area contributed by atoms with Crippen LogP contribution in [0.15, 0.2) is 18.2 Å². The van der Waals surface area contributed by atoms with Gasteiger partial charge in [0, 0.05) is 18.7 Å². The summed E-state index contributed by atoms with van der Waals surface area (Å²) in [5.41, 5.74) is 4.89. The first-order valence-electron chi connectivity index (χ1n) is 3.92. The van der Waals surface area contributed by atoms with E-state index in [2.05, 4.69) is 0 Å². The SMILES string of the molecule is Cl.NCCOc1cc(F)ccc1[N+](=O)[O-]. The van der Waals surface area contributed by atoms with E-state index in [4.69, 9.17) is 10.5 Å². The van der Waals surface area contributed by atoms with Crippen LogP contribution in [0.25, 0.3) is 0 Å². The van der Waals surface area contributed by atoms with Gasteiger partial charge in [0.25, 0.3) is 0 Å². The summed E-state index contributed by atoms with van der Waals surface area (Å²) in [5, 5.41) is 10.5. The van der Waals surface area contributed by atoms with Crippen LogP contribution in [0.1, 0.15) is 0 Å². The Bertz CT molecular complexity index is 349. The molecule has 0 aliphatic rings. The molecule has 7 heteroatoms. The van der Waals surface area contributed by atoms with Gasteiger partial charge >= 0.3 is 5.69 Å². The molecule has 1 rings (SSSR count). The number of hydrogen-bond acceptors (Lipinski definition) is 4. The van der Waals surface area contributed by atoms with Crippen LogP contribution < -0.4 is 10.5 Å². The molecule has 1 aromatic rings. The first kappa shape index (κ1) is 13.6. The standard InChI is InChI=1S/C8H9FN2O3.ClH/c9-6-1-2-7(11(12)13)8(5-6)14-4-3-10;/h1-2,5H,3-4,10H2;1H. The lowest BCUT2D eigenvalue weighted by Gasteiger charge is -2.04. The van der Waals surface area contributed by atoms with Gasteiger partial charge < -0.3 is 10.5 Å². The zero-order valence-corrected chi connectivity index (χ0v) is 8.50. The third-order valence-corrected chi connectivity index (χ3v) is 1.49. The van der Waals surface area contributed by atoms with E-state index in [0.29, 0.717) is 0 Å². The average Bonchev–Trinajstić information content (AvgIpc) is 2.14. The number of nitrogens with two attached hydrogens (primary N) is 1. The van der Waals surface area contributed by atoms with E-state index in [1.807, 2.05) is 0 Å². The monoisotopic (exact) mass is 236 g/mol. The van der Waals surface area contributed by atoms with E-state index in [9.17, 15) is 14.5 Å². The topological polar surface area (TPSA) is 78.4 Å². The van der Waals surface area contributed by atoms with Gasteiger partial charge in [0.15, 0.2) is 5.75 Å². The molecule has 84 valence electrons. The molecular formula is C8H10ClFN2O3. The lowest BCUT2D eigenvalue weighted by atomic mass is 10.3. The maximum atomic E-state index is 12.7. The molecule has 0 aliphatic carbocycles. The van der Waals surface area contributed by atoms with Crippen LogP contribution in [0.5, 0.6) is 5.75 Å². The molecule has 15 heavy (non-hydrogen) atoms. The van der Waals surface area contributed by atoms with Crippen molar-refractivity contribution in [3.05, 3.63) is 34.1 Å². The Kier molecular flexibility index (Phi) is 5.58. The van der Waals surface area contributed by atoms with Crippen molar-refractivity contribution < 1.29 is 14.1 Å². The molecule has 1 aromatic carbocycles. The molecule has 0 bridgehead atoms. The highest BCUT2D eigenvalue weighted by Gasteiger charge is 2.15. The summed E-state index contributed by atoms with van der Waals surface area (Å²) in [6, 6.07) is 3.03. The van der Waals surface area contributed by atoms with Crippen molar-refractivity contribution in [1.29, 1.82) is 0 Å². The second-order valence-electron chi connectivity index (χ2n) is 2.51. The number of ether oxygens (including phenoxy) is 1. The molecule has 0 aromatic heterocycles. The van der Waals surface area contributed by atoms with Crippen molar-refractivity contribution in [2.45, 2.75) is 0 Å². The fourth-order valence-electron chi connectivity index (χ4n) is 0.923. The summed E-state index contributed by atoms with van der Waals surface area (Å²) >= 11 is 0. The number of hydrogen-bond donors (Lipinski definition) is 1. The van der Waals surface area contributed by atoms with Gasteiger partial charge in [-0.1, -0.05) is 0 Å². The maximum absolute atomic E-state index is 12.7. The fourth-order valence-corrected chi connectivity index (χ4v) is 0.923. The molecule has 2 N–H and O–H groups in total. The van der Waals surface area contributed by atoms with Gasteiger partial charge in [0.05, 0.1) is 4.92 Å². The molecule has 0 saturated heterocycles. The van der Waals surface area contributed by atoms with Crippen molar-refractivity contribution in [3.8, 4) is 5.75 Å². The highest BCUT2D eigenvalue weighted by atomic mass is 35.5. The summed E-state index contributed by atoms with van der Waals surface area (Å²) in [7, 11) is 0. The Morgan fingerprint density at radius 2 is 2.20 bits per heavy atom. The maximum Gasteiger partial charge on any atom is 0.311 e. The molecule has 0 amide bonds. The zero-order valence-electron chi connectivity index (χ0n) is 7.68. The number of rotatable bonds is 4. The molecule has 0 spiro atoms. The van der Waals surface area contributed by atoms with Crippen LogP contribution in [0.2, 0.25) is 0 Å². The summed E-state index contributed by atoms with van der Waals surface area (Å²) in [6.45, 7) is 0.331. The number of nitro benzene ring substituents is 1. The highest BCUT2D eigenvalue weighted by Crippen LogP contribution is 2.27. The van der Waals surface area contributed by atoms with Gasteiger partial charge in [-0.3, -0.25) is 10.1 Å². The number of nitro groups is 1. The molecule has 0 aliphatic heterocycles. The lowest BCUT2D eigenvalue weighted by molar-refractivity contribution is -0.385. The van der Waals surface area contributed by atoms with Gasteiger partial charge in [-0.15, -0.1) is 12.4 Å². The van der Waals surface area contributed by atoms with E-state index in [1.54, 1.807) is 0 Å².